The Bertz CT molecular complexity index is 607. The smallest absolute Gasteiger partial charge is 0.226 e. The molecule has 2 heterocycles. The third-order valence-electron chi connectivity index (χ3n) is 2.97. The van der Waals surface area contributed by atoms with Gasteiger partial charge in [-0.1, -0.05) is 18.2 Å². The van der Waals surface area contributed by atoms with Crippen LogP contribution in [-0.2, 0) is 4.74 Å². The van der Waals surface area contributed by atoms with Gasteiger partial charge in [-0.25, -0.2) is 9.97 Å². The van der Waals surface area contributed by atoms with Crippen molar-refractivity contribution in [3.05, 3.63) is 30.5 Å². The van der Waals surface area contributed by atoms with E-state index in [1.807, 2.05) is 35.4 Å². The van der Waals surface area contributed by atoms with Crippen molar-refractivity contribution in [2.24, 2.45) is 0 Å². The Labute approximate surface area is 105 Å². The molecule has 0 aliphatic carbocycles. The van der Waals surface area contributed by atoms with E-state index in [9.17, 15) is 0 Å². The summed E-state index contributed by atoms with van der Waals surface area (Å²) in [7, 11) is 0. The number of ether oxygens (including phenoxy) is 1. The van der Waals surface area contributed by atoms with E-state index in [1.165, 1.54) is 0 Å². The molecule has 2 aromatic rings. The van der Waals surface area contributed by atoms with Crippen LogP contribution >= 0.6 is 0 Å². The lowest BCUT2D eigenvalue weighted by atomic mass is 10.2. The van der Waals surface area contributed by atoms with Crippen molar-refractivity contribution in [3.63, 3.8) is 0 Å². The van der Waals surface area contributed by atoms with E-state index >= 15 is 0 Å². The van der Waals surface area contributed by atoms with E-state index in [0.29, 0.717) is 19.1 Å². The van der Waals surface area contributed by atoms with Crippen LogP contribution < -0.4 is 4.90 Å². The van der Waals surface area contributed by atoms with E-state index in [4.69, 9.17) is 10.00 Å². The fourth-order valence-corrected chi connectivity index (χ4v) is 2.02. The first-order chi connectivity index (χ1) is 8.86. The molecule has 1 aliphatic heterocycles. The number of nitriles is 1. The number of para-hydroxylation sites is 1. The largest absolute Gasteiger partial charge is 0.360 e. The summed E-state index contributed by atoms with van der Waals surface area (Å²) in [6.45, 7) is 1.78. The van der Waals surface area contributed by atoms with Gasteiger partial charge in [0.2, 0.25) is 5.95 Å². The summed E-state index contributed by atoms with van der Waals surface area (Å²) in [5.74, 6) is 0.664. The Morgan fingerprint density at radius 2 is 2.28 bits per heavy atom. The monoisotopic (exact) mass is 240 g/mol. The molecule has 1 atom stereocenters. The van der Waals surface area contributed by atoms with E-state index in [0.717, 1.165) is 17.4 Å². The SMILES string of the molecule is N#CC1CN(c2ncc3ccccc3n2)CCO1. The number of fused-ring (bicyclic) bond motifs is 1. The molecule has 1 aromatic heterocycles. The van der Waals surface area contributed by atoms with E-state index in [1.54, 1.807) is 0 Å². The first-order valence-electron chi connectivity index (χ1n) is 5.85. The first kappa shape index (κ1) is 10.9. The highest BCUT2D eigenvalue weighted by Gasteiger charge is 2.21. The summed E-state index contributed by atoms with van der Waals surface area (Å²) in [5.41, 5.74) is 0.919. The molecular weight excluding hydrogens is 228 g/mol. The molecule has 1 unspecified atom stereocenters. The van der Waals surface area contributed by atoms with Crippen LogP contribution in [0.1, 0.15) is 0 Å². The van der Waals surface area contributed by atoms with Crippen LogP contribution in [0.2, 0.25) is 0 Å². The maximum absolute atomic E-state index is 8.88. The number of rotatable bonds is 1. The molecule has 1 aromatic carbocycles. The Hall–Kier alpha value is -2.19. The van der Waals surface area contributed by atoms with Crippen LogP contribution in [0.3, 0.4) is 0 Å². The second-order valence-electron chi connectivity index (χ2n) is 4.16. The highest BCUT2D eigenvalue weighted by atomic mass is 16.5. The minimum Gasteiger partial charge on any atom is -0.360 e. The molecule has 3 rings (SSSR count). The molecule has 0 bridgehead atoms. The van der Waals surface area contributed by atoms with E-state index < -0.39 is 6.10 Å². The van der Waals surface area contributed by atoms with Gasteiger partial charge in [-0.2, -0.15) is 5.26 Å². The highest BCUT2D eigenvalue weighted by Crippen LogP contribution is 2.16. The zero-order valence-corrected chi connectivity index (χ0v) is 9.78. The van der Waals surface area contributed by atoms with Gasteiger partial charge in [-0.15, -0.1) is 0 Å². The fraction of sp³-hybridized carbons (Fsp3) is 0.308. The van der Waals surface area contributed by atoms with Crippen molar-refractivity contribution in [1.29, 1.82) is 5.26 Å². The molecule has 90 valence electrons. The Morgan fingerprint density at radius 1 is 1.39 bits per heavy atom. The maximum Gasteiger partial charge on any atom is 0.226 e. The Morgan fingerprint density at radius 3 is 3.17 bits per heavy atom. The van der Waals surface area contributed by atoms with Gasteiger partial charge >= 0.3 is 0 Å². The van der Waals surface area contributed by atoms with E-state index in [-0.39, 0.29) is 0 Å². The Kier molecular flexibility index (Phi) is 2.79. The van der Waals surface area contributed by atoms with Crippen LogP contribution in [0, 0.1) is 11.3 Å². The molecule has 1 aliphatic rings. The molecule has 5 nitrogen and oxygen atoms in total. The average molecular weight is 240 g/mol. The predicted octanol–water partition coefficient (Wildman–Crippen LogP) is 1.36. The fourth-order valence-electron chi connectivity index (χ4n) is 2.02. The van der Waals surface area contributed by atoms with Crippen molar-refractivity contribution < 1.29 is 4.74 Å². The van der Waals surface area contributed by atoms with Crippen LogP contribution in [0.5, 0.6) is 0 Å². The summed E-state index contributed by atoms with van der Waals surface area (Å²) in [6, 6.07) is 9.98. The maximum atomic E-state index is 8.88. The molecule has 5 heteroatoms. The number of hydrogen-bond acceptors (Lipinski definition) is 5. The lowest BCUT2D eigenvalue weighted by molar-refractivity contribution is 0.0758. The van der Waals surface area contributed by atoms with Gasteiger partial charge in [0.05, 0.1) is 24.7 Å². The number of anilines is 1. The summed E-state index contributed by atoms with van der Waals surface area (Å²) in [4.78, 5) is 10.9. The summed E-state index contributed by atoms with van der Waals surface area (Å²) < 4.78 is 5.31. The minimum atomic E-state index is -0.395. The molecule has 0 amide bonds. The second-order valence-corrected chi connectivity index (χ2v) is 4.16. The molecule has 1 saturated heterocycles. The number of aromatic nitrogens is 2. The first-order valence-corrected chi connectivity index (χ1v) is 5.85. The van der Waals surface area contributed by atoms with Crippen molar-refractivity contribution in [3.8, 4) is 6.07 Å². The Balaban J connectivity index is 1.92. The normalized spacial score (nSPS) is 19.7. The quantitative estimate of drug-likeness (QED) is 0.753. The number of hydrogen-bond donors (Lipinski definition) is 0. The minimum absolute atomic E-state index is 0.395. The lowest BCUT2D eigenvalue weighted by Gasteiger charge is -2.29. The van der Waals surface area contributed by atoms with Crippen LogP contribution in [-0.4, -0.2) is 35.8 Å². The molecule has 18 heavy (non-hydrogen) atoms. The second kappa shape index (κ2) is 4.59. The van der Waals surface area contributed by atoms with Gasteiger partial charge in [0.1, 0.15) is 0 Å². The lowest BCUT2D eigenvalue weighted by Crippen LogP contribution is -2.42. The van der Waals surface area contributed by atoms with Crippen molar-refractivity contribution in [2.75, 3.05) is 24.6 Å². The molecule has 0 saturated carbocycles. The number of nitrogens with zero attached hydrogens (tertiary/aromatic N) is 4. The van der Waals surface area contributed by atoms with Gasteiger partial charge in [0.25, 0.3) is 0 Å². The third kappa shape index (κ3) is 1.98. The van der Waals surface area contributed by atoms with Crippen LogP contribution in [0.15, 0.2) is 30.5 Å². The number of morpholine rings is 1. The van der Waals surface area contributed by atoms with Crippen LogP contribution in [0.4, 0.5) is 5.95 Å². The van der Waals surface area contributed by atoms with Gasteiger partial charge in [0, 0.05) is 18.1 Å². The average Bonchev–Trinajstić information content (AvgIpc) is 2.47. The van der Waals surface area contributed by atoms with Crippen molar-refractivity contribution in [1.82, 2.24) is 9.97 Å². The molecule has 0 radical (unpaired) electrons. The topological polar surface area (TPSA) is 62.0 Å². The van der Waals surface area contributed by atoms with Gasteiger partial charge in [-0.3, -0.25) is 0 Å². The van der Waals surface area contributed by atoms with E-state index in [2.05, 4.69) is 16.0 Å². The highest BCUT2D eigenvalue weighted by molar-refractivity contribution is 5.78. The third-order valence-corrected chi connectivity index (χ3v) is 2.97. The van der Waals surface area contributed by atoms with Crippen LogP contribution in [0.25, 0.3) is 10.9 Å². The number of benzene rings is 1. The zero-order valence-electron chi connectivity index (χ0n) is 9.78. The van der Waals surface area contributed by atoms with Gasteiger partial charge in [-0.05, 0) is 6.07 Å². The summed E-state index contributed by atoms with van der Waals surface area (Å²) in [6.07, 6.45) is 1.42. The molecule has 0 N–H and O–H groups in total. The van der Waals surface area contributed by atoms with Gasteiger partial charge in [0.15, 0.2) is 6.10 Å². The standard InChI is InChI=1S/C13H12N4O/c14-7-11-9-17(5-6-18-11)13-15-8-10-3-1-2-4-12(10)16-13/h1-4,8,11H,5-6,9H2. The molecule has 1 fully saturated rings. The van der Waals surface area contributed by atoms with Gasteiger partial charge < -0.3 is 9.64 Å². The van der Waals surface area contributed by atoms with Crippen molar-refractivity contribution in [2.45, 2.75) is 6.10 Å². The summed E-state index contributed by atoms with van der Waals surface area (Å²) >= 11 is 0. The molecule has 0 spiro atoms. The zero-order chi connectivity index (χ0) is 12.4. The summed E-state index contributed by atoms with van der Waals surface area (Å²) in [5, 5.41) is 9.90. The molecular formula is C13H12N4O. The van der Waals surface area contributed by atoms with Crippen molar-refractivity contribution >= 4 is 16.9 Å². The predicted molar refractivity (Wildman–Crippen MR) is 67.1 cm³/mol.